The first kappa shape index (κ1) is 23.4. The largest absolute Gasteiger partial charge is 0.504 e. The van der Waals surface area contributed by atoms with Crippen LogP contribution in [-0.2, 0) is 0 Å². The van der Waals surface area contributed by atoms with E-state index in [1.807, 2.05) is 19.1 Å². The third kappa shape index (κ3) is 5.11. The number of carbonyl (C=O) groups is 3. The third-order valence-electron chi connectivity index (χ3n) is 5.47. The van der Waals surface area contributed by atoms with Crippen molar-refractivity contribution in [2.24, 2.45) is 0 Å². The Kier molecular flexibility index (Phi) is 6.46. The number of aryl methyl sites for hydroxylation is 1. The molecule has 1 aromatic heterocycles. The van der Waals surface area contributed by atoms with E-state index in [-0.39, 0.29) is 22.8 Å². The Hall–Kier alpha value is -4.72. The van der Waals surface area contributed by atoms with Crippen LogP contribution in [0.3, 0.4) is 0 Å². The number of carbonyl (C=O) groups excluding carboxylic acids is 3. The monoisotopic (exact) mass is 469 g/mol. The lowest BCUT2D eigenvalue weighted by Crippen LogP contribution is -2.34. The highest BCUT2D eigenvalue weighted by Crippen LogP contribution is 2.32. The molecule has 4 rings (SSSR count). The van der Waals surface area contributed by atoms with E-state index in [9.17, 15) is 19.5 Å². The fourth-order valence-electron chi connectivity index (χ4n) is 3.59. The Balaban J connectivity index is 1.75. The number of anilines is 1. The van der Waals surface area contributed by atoms with Crippen LogP contribution in [0.15, 0.2) is 66.7 Å². The highest BCUT2D eigenvalue weighted by atomic mass is 16.5. The molecule has 0 unspecified atom stereocenters. The number of imide groups is 1. The highest BCUT2D eigenvalue weighted by molar-refractivity contribution is 6.15. The van der Waals surface area contributed by atoms with Crippen molar-refractivity contribution in [1.29, 1.82) is 0 Å². The van der Waals surface area contributed by atoms with E-state index in [0.717, 1.165) is 5.56 Å². The number of ketones is 1. The van der Waals surface area contributed by atoms with E-state index < -0.39 is 11.9 Å². The van der Waals surface area contributed by atoms with Gasteiger partial charge in [0.25, 0.3) is 5.91 Å². The number of nitrogens with zero attached hydrogens (tertiary/aromatic N) is 1. The molecule has 4 aromatic rings. The number of benzene rings is 3. The number of Topliss-reactive ketones (excluding diaryl/α,β-unsaturated/α-hetero) is 1. The Morgan fingerprint density at radius 2 is 1.69 bits per heavy atom. The number of urea groups is 1. The second kappa shape index (κ2) is 9.64. The van der Waals surface area contributed by atoms with Crippen molar-refractivity contribution in [3.05, 3.63) is 83.4 Å². The number of aromatic nitrogens is 1. The summed E-state index contributed by atoms with van der Waals surface area (Å²) in [7, 11) is 1.43. The smallest absolute Gasteiger partial charge is 0.326 e. The van der Waals surface area contributed by atoms with E-state index in [4.69, 9.17) is 4.74 Å². The number of rotatable bonds is 5. The SMILES string of the molecule is COc1cc(-c2cc(C(=O)NC(=O)Nc3ccc(C)cc3)c3cc(C(C)=O)ccc3n2)ccc1O. The molecule has 1 heterocycles. The van der Waals surface area contributed by atoms with Crippen LogP contribution in [0, 0.1) is 6.92 Å². The van der Waals surface area contributed by atoms with Crippen molar-refractivity contribution in [2.75, 3.05) is 12.4 Å². The molecule has 0 atom stereocenters. The molecule has 0 aliphatic carbocycles. The van der Waals surface area contributed by atoms with Gasteiger partial charge in [0.1, 0.15) is 0 Å². The number of fused-ring (bicyclic) bond motifs is 1. The van der Waals surface area contributed by atoms with Gasteiger partial charge < -0.3 is 15.2 Å². The van der Waals surface area contributed by atoms with Crippen molar-refractivity contribution in [3.63, 3.8) is 0 Å². The fourth-order valence-corrected chi connectivity index (χ4v) is 3.59. The Labute approximate surface area is 201 Å². The van der Waals surface area contributed by atoms with Crippen LogP contribution in [0.5, 0.6) is 11.5 Å². The second-order valence-electron chi connectivity index (χ2n) is 8.00. The van der Waals surface area contributed by atoms with Crippen molar-refractivity contribution < 1.29 is 24.2 Å². The molecule has 3 amide bonds. The number of phenols is 1. The zero-order valence-corrected chi connectivity index (χ0v) is 19.4. The Morgan fingerprint density at radius 1 is 0.943 bits per heavy atom. The summed E-state index contributed by atoms with van der Waals surface area (Å²) in [6, 6.07) is 17.6. The molecule has 0 aliphatic heterocycles. The van der Waals surface area contributed by atoms with Crippen LogP contribution >= 0.6 is 0 Å². The average Bonchev–Trinajstić information content (AvgIpc) is 2.84. The summed E-state index contributed by atoms with van der Waals surface area (Å²) >= 11 is 0. The van der Waals surface area contributed by atoms with Crippen LogP contribution in [0.25, 0.3) is 22.2 Å². The number of ether oxygens (including phenoxy) is 1. The van der Waals surface area contributed by atoms with E-state index in [2.05, 4.69) is 15.6 Å². The highest BCUT2D eigenvalue weighted by Gasteiger charge is 2.18. The van der Waals surface area contributed by atoms with Crippen LogP contribution < -0.4 is 15.4 Å². The maximum atomic E-state index is 13.2. The topological polar surface area (TPSA) is 118 Å². The van der Waals surface area contributed by atoms with Gasteiger partial charge in [-0.1, -0.05) is 17.7 Å². The first-order valence-electron chi connectivity index (χ1n) is 10.8. The molecule has 8 nitrogen and oxygen atoms in total. The first-order chi connectivity index (χ1) is 16.7. The summed E-state index contributed by atoms with van der Waals surface area (Å²) in [5, 5.41) is 15.3. The van der Waals surface area contributed by atoms with Gasteiger partial charge in [-0.05, 0) is 68.4 Å². The first-order valence-corrected chi connectivity index (χ1v) is 10.8. The van der Waals surface area contributed by atoms with Gasteiger partial charge in [0, 0.05) is 22.2 Å². The molecular formula is C27H23N3O5. The number of hydrogen-bond donors (Lipinski definition) is 3. The minimum absolute atomic E-state index is 0.0334. The summed E-state index contributed by atoms with van der Waals surface area (Å²) in [6.45, 7) is 3.36. The molecule has 0 bridgehead atoms. The molecule has 176 valence electrons. The molecule has 35 heavy (non-hydrogen) atoms. The minimum Gasteiger partial charge on any atom is -0.504 e. The number of aromatic hydroxyl groups is 1. The molecule has 0 radical (unpaired) electrons. The van der Waals surface area contributed by atoms with Gasteiger partial charge in [-0.2, -0.15) is 0 Å². The van der Waals surface area contributed by atoms with Gasteiger partial charge in [-0.15, -0.1) is 0 Å². The zero-order valence-electron chi connectivity index (χ0n) is 19.4. The Bertz CT molecular complexity index is 1460. The molecule has 0 fully saturated rings. The predicted molar refractivity (Wildman–Crippen MR) is 133 cm³/mol. The van der Waals surface area contributed by atoms with Gasteiger partial charge in [0.2, 0.25) is 0 Å². The fraction of sp³-hybridized carbons (Fsp3) is 0.111. The summed E-state index contributed by atoms with van der Waals surface area (Å²) in [5.41, 5.74) is 3.64. The third-order valence-corrected chi connectivity index (χ3v) is 5.47. The lowest BCUT2D eigenvalue weighted by molar-refractivity contribution is 0.0966. The van der Waals surface area contributed by atoms with Crippen LogP contribution in [0.4, 0.5) is 10.5 Å². The van der Waals surface area contributed by atoms with E-state index in [1.54, 1.807) is 42.5 Å². The minimum atomic E-state index is -0.695. The normalized spacial score (nSPS) is 10.6. The quantitative estimate of drug-likeness (QED) is 0.351. The van der Waals surface area contributed by atoms with Gasteiger partial charge in [0.05, 0.1) is 23.9 Å². The van der Waals surface area contributed by atoms with Crippen molar-refractivity contribution >= 4 is 34.3 Å². The maximum absolute atomic E-state index is 13.2. The van der Waals surface area contributed by atoms with Gasteiger partial charge in [0.15, 0.2) is 17.3 Å². The molecule has 0 saturated heterocycles. The van der Waals surface area contributed by atoms with Crippen molar-refractivity contribution in [2.45, 2.75) is 13.8 Å². The predicted octanol–water partition coefficient (Wildman–Crippen LogP) is 5.09. The van der Waals surface area contributed by atoms with Crippen LogP contribution in [-0.4, -0.2) is 34.9 Å². The maximum Gasteiger partial charge on any atom is 0.326 e. The number of hydrogen-bond acceptors (Lipinski definition) is 6. The second-order valence-corrected chi connectivity index (χ2v) is 8.00. The Morgan fingerprint density at radius 3 is 2.37 bits per heavy atom. The number of nitrogens with one attached hydrogen (secondary N) is 2. The summed E-state index contributed by atoms with van der Waals surface area (Å²) in [6.07, 6.45) is 0. The number of phenolic OH excluding ortho intramolecular Hbond substituents is 1. The summed E-state index contributed by atoms with van der Waals surface area (Å²) < 4.78 is 5.18. The summed E-state index contributed by atoms with van der Waals surface area (Å²) in [5.74, 6) is -0.605. The number of pyridine rings is 1. The number of methoxy groups -OCH3 is 1. The zero-order chi connectivity index (χ0) is 25.1. The number of amides is 3. The van der Waals surface area contributed by atoms with E-state index in [0.29, 0.717) is 33.4 Å². The lowest BCUT2D eigenvalue weighted by atomic mass is 10.0. The van der Waals surface area contributed by atoms with Crippen molar-refractivity contribution in [3.8, 4) is 22.8 Å². The average molecular weight is 469 g/mol. The molecule has 0 aliphatic rings. The van der Waals surface area contributed by atoms with Gasteiger partial charge in [-0.3, -0.25) is 14.9 Å². The van der Waals surface area contributed by atoms with Gasteiger partial charge >= 0.3 is 6.03 Å². The van der Waals surface area contributed by atoms with E-state index >= 15 is 0 Å². The molecule has 3 N–H and O–H groups in total. The van der Waals surface area contributed by atoms with Gasteiger partial charge in [-0.25, -0.2) is 9.78 Å². The van der Waals surface area contributed by atoms with E-state index in [1.165, 1.54) is 26.2 Å². The van der Waals surface area contributed by atoms with Crippen molar-refractivity contribution in [1.82, 2.24) is 10.3 Å². The van der Waals surface area contributed by atoms with Crippen LogP contribution in [0.2, 0.25) is 0 Å². The molecule has 3 aromatic carbocycles. The standard InChI is InChI=1S/C27H23N3O5/c1-15-4-8-19(9-5-15)28-27(34)30-26(33)21-14-23(18-7-11-24(32)25(13-18)35-3)29-22-10-6-17(16(2)31)12-20(21)22/h4-14,32H,1-3H3,(H2,28,30,33,34). The molecular weight excluding hydrogens is 446 g/mol. The summed E-state index contributed by atoms with van der Waals surface area (Å²) in [4.78, 5) is 42.3. The molecule has 0 spiro atoms. The lowest BCUT2D eigenvalue weighted by Gasteiger charge is -2.12. The molecule has 0 saturated carbocycles. The van der Waals surface area contributed by atoms with Crippen LogP contribution in [0.1, 0.15) is 33.2 Å². The molecule has 8 heteroatoms.